The molecule has 0 aromatic heterocycles. The minimum atomic E-state index is -0.453. The van der Waals surface area contributed by atoms with Crippen molar-refractivity contribution in [1.29, 1.82) is 0 Å². The smallest absolute Gasteiger partial charge is 0.258 e. The van der Waals surface area contributed by atoms with Crippen molar-refractivity contribution in [1.82, 2.24) is 10.6 Å². The number of rotatable bonds is 10. The Morgan fingerprint density at radius 2 is 1.96 bits per heavy atom. The normalized spacial score (nSPS) is 10.2. The maximum atomic E-state index is 11.7. The number of benzene rings is 1. The molecule has 0 fully saturated rings. The molecule has 132 valence electrons. The maximum Gasteiger partial charge on any atom is 0.258 e. The molecule has 0 saturated carbocycles. The summed E-state index contributed by atoms with van der Waals surface area (Å²) in [6.07, 6.45) is 1.50. The molecule has 0 atom stereocenters. The van der Waals surface area contributed by atoms with E-state index in [1.165, 1.54) is 0 Å². The zero-order chi connectivity index (χ0) is 17.9. The Hall–Kier alpha value is -2.57. The number of carbonyl (C=O) groups is 3. The molecule has 0 aliphatic heterocycles. The van der Waals surface area contributed by atoms with E-state index in [0.717, 1.165) is 6.42 Å². The zero-order valence-electron chi connectivity index (χ0n) is 14.3. The minimum Gasteiger partial charge on any atom is -0.493 e. The second-order valence-electron chi connectivity index (χ2n) is 5.45. The first-order valence-corrected chi connectivity index (χ1v) is 7.87. The summed E-state index contributed by atoms with van der Waals surface area (Å²) < 4.78 is 10.8. The first kappa shape index (κ1) is 19.5. The van der Waals surface area contributed by atoms with E-state index in [4.69, 9.17) is 9.47 Å². The van der Waals surface area contributed by atoms with Crippen LogP contribution < -0.4 is 20.1 Å². The van der Waals surface area contributed by atoms with Gasteiger partial charge in [-0.2, -0.15) is 0 Å². The second-order valence-corrected chi connectivity index (χ2v) is 5.45. The van der Waals surface area contributed by atoms with Crippen molar-refractivity contribution in [2.75, 3.05) is 19.8 Å². The summed E-state index contributed by atoms with van der Waals surface area (Å²) in [5.74, 6) is 0.0992. The SMILES string of the molecule is CCCOc1ccc(C=O)c(OCC(=O)NCC(=O)NC(C)C)c1. The highest BCUT2D eigenvalue weighted by molar-refractivity contribution is 5.85. The van der Waals surface area contributed by atoms with Crippen molar-refractivity contribution in [2.24, 2.45) is 0 Å². The predicted octanol–water partition coefficient (Wildman–Crippen LogP) is 1.31. The Labute approximate surface area is 141 Å². The molecule has 2 N–H and O–H groups in total. The van der Waals surface area contributed by atoms with Crippen LogP contribution in [0.5, 0.6) is 11.5 Å². The fourth-order valence-electron chi connectivity index (χ4n) is 1.79. The molecule has 0 radical (unpaired) electrons. The third-order valence-corrected chi connectivity index (χ3v) is 2.84. The van der Waals surface area contributed by atoms with E-state index in [1.807, 2.05) is 20.8 Å². The Morgan fingerprint density at radius 1 is 1.21 bits per heavy atom. The third-order valence-electron chi connectivity index (χ3n) is 2.84. The van der Waals surface area contributed by atoms with E-state index in [-0.39, 0.29) is 30.9 Å². The van der Waals surface area contributed by atoms with E-state index in [1.54, 1.807) is 18.2 Å². The number of amides is 2. The molecule has 24 heavy (non-hydrogen) atoms. The van der Waals surface area contributed by atoms with Gasteiger partial charge in [-0.25, -0.2) is 0 Å². The van der Waals surface area contributed by atoms with Gasteiger partial charge in [0.2, 0.25) is 5.91 Å². The van der Waals surface area contributed by atoms with E-state index < -0.39 is 5.91 Å². The summed E-state index contributed by atoms with van der Waals surface area (Å²) in [7, 11) is 0. The zero-order valence-corrected chi connectivity index (χ0v) is 14.3. The average molecular weight is 336 g/mol. The molecule has 0 unspecified atom stereocenters. The fraction of sp³-hybridized carbons (Fsp3) is 0.471. The number of ether oxygens (including phenoxy) is 2. The van der Waals surface area contributed by atoms with Gasteiger partial charge in [0.1, 0.15) is 11.5 Å². The molecule has 2 amide bonds. The molecule has 7 heteroatoms. The minimum absolute atomic E-state index is 0.00617. The van der Waals surface area contributed by atoms with Crippen LogP contribution in [-0.2, 0) is 9.59 Å². The first-order valence-electron chi connectivity index (χ1n) is 7.87. The molecular weight excluding hydrogens is 312 g/mol. The van der Waals surface area contributed by atoms with Crippen molar-refractivity contribution in [3.63, 3.8) is 0 Å². The monoisotopic (exact) mass is 336 g/mol. The van der Waals surface area contributed by atoms with Crippen LogP contribution in [0.25, 0.3) is 0 Å². The van der Waals surface area contributed by atoms with Crippen molar-refractivity contribution in [3.05, 3.63) is 23.8 Å². The molecular formula is C17H24N2O5. The third kappa shape index (κ3) is 7.13. The molecule has 1 aromatic rings. The summed E-state index contributed by atoms with van der Waals surface area (Å²) >= 11 is 0. The topological polar surface area (TPSA) is 93.7 Å². The number of nitrogens with one attached hydrogen (secondary N) is 2. The molecule has 0 aliphatic carbocycles. The highest BCUT2D eigenvalue weighted by Crippen LogP contribution is 2.23. The molecule has 1 rings (SSSR count). The number of carbonyl (C=O) groups excluding carboxylic acids is 3. The van der Waals surface area contributed by atoms with Crippen LogP contribution in [0.1, 0.15) is 37.6 Å². The van der Waals surface area contributed by atoms with E-state index in [9.17, 15) is 14.4 Å². The number of hydrogen-bond acceptors (Lipinski definition) is 5. The van der Waals surface area contributed by atoms with Crippen LogP contribution in [0.4, 0.5) is 0 Å². The summed E-state index contributed by atoms with van der Waals surface area (Å²) in [5.41, 5.74) is 0.323. The Kier molecular flexibility index (Phi) is 8.32. The average Bonchev–Trinajstić information content (AvgIpc) is 2.55. The van der Waals surface area contributed by atoms with E-state index >= 15 is 0 Å². The van der Waals surface area contributed by atoms with Gasteiger partial charge in [0, 0.05) is 12.1 Å². The molecule has 0 spiro atoms. The quantitative estimate of drug-likeness (QED) is 0.628. The van der Waals surface area contributed by atoms with Gasteiger partial charge in [-0.3, -0.25) is 14.4 Å². The van der Waals surface area contributed by atoms with Crippen molar-refractivity contribution < 1.29 is 23.9 Å². The van der Waals surface area contributed by atoms with Gasteiger partial charge in [-0.1, -0.05) is 6.92 Å². The largest absolute Gasteiger partial charge is 0.493 e. The summed E-state index contributed by atoms with van der Waals surface area (Å²) in [6, 6.07) is 4.81. The lowest BCUT2D eigenvalue weighted by atomic mass is 10.2. The van der Waals surface area contributed by atoms with Crippen molar-refractivity contribution in [2.45, 2.75) is 33.2 Å². The van der Waals surface area contributed by atoms with Crippen LogP contribution in [0.15, 0.2) is 18.2 Å². The Morgan fingerprint density at radius 3 is 2.58 bits per heavy atom. The summed E-state index contributed by atoms with van der Waals surface area (Å²) in [4.78, 5) is 34.2. The van der Waals surface area contributed by atoms with Crippen molar-refractivity contribution in [3.8, 4) is 11.5 Å². The van der Waals surface area contributed by atoms with Gasteiger partial charge in [0.05, 0.1) is 18.7 Å². The van der Waals surface area contributed by atoms with Crippen LogP contribution in [0.2, 0.25) is 0 Å². The van der Waals surface area contributed by atoms with Gasteiger partial charge in [-0.15, -0.1) is 0 Å². The second kappa shape index (κ2) is 10.3. The van der Waals surface area contributed by atoms with Crippen LogP contribution in [0, 0.1) is 0 Å². The summed E-state index contributed by atoms with van der Waals surface area (Å²) in [5, 5.41) is 5.11. The molecule has 0 heterocycles. The van der Waals surface area contributed by atoms with Gasteiger partial charge in [0.15, 0.2) is 12.9 Å². The Balaban J connectivity index is 2.54. The van der Waals surface area contributed by atoms with Crippen molar-refractivity contribution >= 4 is 18.1 Å². The van der Waals surface area contributed by atoms with Gasteiger partial charge < -0.3 is 20.1 Å². The standard InChI is InChI=1S/C17H24N2O5/c1-4-7-23-14-6-5-13(10-20)15(8-14)24-11-17(22)18-9-16(21)19-12(2)3/h5-6,8,10,12H,4,7,9,11H2,1-3H3,(H,18,22)(H,19,21). The van der Waals surface area contributed by atoms with Gasteiger partial charge >= 0.3 is 0 Å². The fourth-order valence-corrected chi connectivity index (χ4v) is 1.79. The lowest BCUT2D eigenvalue weighted by molar-refractivity contribution is -0.127. The van der Waals surface area contributed by atoms with Gasteiger partial charge in [0.25, 0.3) is 5.91 Å². The van der Waals surface area contributed by atoms with E-state index in [0.29, 0.717) is 24.2 Å². The molecule has 0 bridgehead atoms. The number of aldehydes is 1. The van der Waals surface area contributed by atoms with Crippen LogP contribution in [0.3, 0.4) is 0 Å². The maximum absolute atomic E-state index is 11.7. The highest BCUT2D eigenvalue weighted by atomic mass is 16.5. The molecule has 0 saturated heterocycles. The highest BCUT2D eigenvalue weighted by Gasteiger charge is 2.10. The predicted molar refractivity (Wildman–Crippen MR) is 89.4 cm³/mol. The Bertz CT molecular complexity index is 572. The summed E-state index contributed by atoms with van der Waals surface area (Å²) in [6.45, 7) is 5.77. The lowest BCUT2D eigenvalue weighted by Crippen LogP contribution is -2.41. The lowest BCUT2D eigenvalue weighted by Gasteiger charge is -2.12. The molecule has 0 aliphatic rings. The number of hydrogen-bond donors (Lipinski definition) is 2. The molecule has 7 nitrogen and oxygen atoms in total. The van der Waals surface area contributed by atoms with Gasteiger partial charge in [-0.05, 0) is 32.4 Å². The van der Waals surface area contributed by atoms with E-state index in [2.05, 4.69) is 10.6 Å². The van der Waals surface area contributed by atoms with Crippen LogP contribution >= 0.6 is 0 Å². The first-order chi connectivity index (χ1) is 11.5. The van der Waals surface area contributed by atoms with Crippen LogP contribution in [-0.4, -0.2) is 43.9 Å². The molecule has 1 aromatic carbocycles.